The van der Waals surface area contributed by atoms with Crippen LogP contribution >= 0.6 is 0 Å². The highest BCUT2D eigenvalue weighted by Crippen LogP contribution is 2.33. The van der Waals surface area contributed by atoms with Crippen molar-refractivity contribution >= 4 is 22.7 Å². The first-order valence-electron chi connectivity index (χ1n) is 7.72. The molecule has 2 fully saturated rings. The molecule has 1 aliphatic heterocycles. The zero-order valence-corrected chi connectivity index (χ0v) is 12.0. The quantitative estimate of drug-likeness (QED) is 0.899. The molecule has 1 saturated heterocycles. The van der Waals surface area contributed by atoms with Gasteiger partial charge >= 0.3 is 0 Å². The van der Waals surface area contributed by atoms with Crippen molar-refractivity contribution in [3.05, 3.63) is 24.3 Å². The Labute approximate surface area is 124 Å². The number of rotatable bonds is 4. The number of hydrogen-bond donors (Lipinski definition) is 2. The second-order valence-electron chi connectivity index (χ2n) is 6.09. The van der Waals surface area contributed by atoms with E-state index in [0.717, 1.165) is 42.2 Å². The molecule has 5 heteroatoms. The van der Waals surface area contributed by atoms with E-state index in [2.05, 4.69) is 10.2 Å². The predicted molar refractivity (Wildman–Crippen MR) is 83.6 cm³/mol. The van der Waals surface area contributed by atoms with Gasteiger partial charge in [-0.1, -0.05) is 12.1 Å². The highest BCUT2D eigenvalue weighted by molar-refractivity contribution is 5.80. The molecule has 1 atom stereocenters. The van der Waals surface area contributed by atoms with E-state index in [4.69, 9.17) is 9.97 Å². The molecular formula is C16H20N4O. The van der Waals surface area contributed by atoms with Gasteiger partial charge in [0.1, 0.15) is 0 Å². The zero-order valence-electron chi connectivity index (χ0n) is 12.0. The van der Waals surface area contributed by atoms with E-state index in [9.17, 15) is 5.11 Å². The average Bonchev–Trinajstić information content (AvgIpc) is 3.20. The maximum absolute atomic E-state index is 9.35. The Hall–Kier alpha value is -1.88. The van der Waals surface area contributed by atoms with E-state index in [-0.39, 0.29) is 6.61 Å². The van der Waals surface area contributed by atoms with Gasteiger partial charge in [-0.05, 0) is 31.4 Å². The largest absolute Gasteiger partial charge is 0.396 e. The van der Waals surface area contributed by atoms with E-state index in [1.165, 1.54) is 12.8 Å². The molecule has 2 aromatic rings. The summed E-state index contributed by atoms with van der Waals surface area (Å²) in [6.07, 6.45) is 3.45. The van der Waals surface area contributed by atoms with Gasteiger partial charge in [-0.2, -0.15) is 0 Å². The summed E-state index contributed by atoms with van der Waals surface area (Å²) in [5, 5.41) is 12.9. The normalized spacial score (nSPS) is 22.0. The van der Waals surface area contributed by atoms with Gasteiger partial charge in [0.2, 0.25) is 0 Å². The van der Waals surface area contributed by atoms with E-state index in [0.29, 0.717) is 12.0 Å². The Morgan fingerprint density at radius 2 is 1.90 bits per heavy atom. The number of benzene rings is 1. The van der Waals surface area contributed by atoms with Gasteiger partial charge < -0.3 is 15.3 Å². The van der Waals surface area contributed by atoms with Crippen molar-refractivity contribution in [2.45, 2.75) is 25.3 Å². The van der Waals surface area contributed by atoms with Crippen molar-refractivity contribution in [1.82, 2.24) is 9.97 Å². The molecule has 21 heavy (non-hydrogen) atoms. The van der Waals surface area contributed by atoms with E-state index >= 15 is 0 Å². The van der Waals surface area contributed by atoms with Crippen LogP contribution in [-0.2, 0) is 0 Å². The average molecular weight is 284 g/mol. The number of aromatic nitrogens is 2. The van der Waals surface area contributed by atoms with Crippen LogP contribution in [0.15, 0.2) is 24.3 Å². The van der Waals surface area contributed by atoms with Crippen LogP contribution in [-0.4, -0.2) is 40.8 Å². The Morgan fingerprint density at radius 3 is 2.57 bits per heavy atom. The van der Waals surface area contributed by atoms with Crippen molar-refractivity contribution in [3.63, 3.8) is 0 Å². The number of hydrogen-bond acceptors (Lipinski definition) is 5. The van der Waals surface area contributed by atoms with Gasteiger partial charge in [-0.3, -0.25) is 0 Å². The second-order valence-corrected chi connectivity index (χ2v) is 6.09. The molecule has 2 N–H and O–H groups in total. The van der Waals surface area contributed by atoms with Crippen molar-refractivity contribution < 1.29 is 5.11 Å². The van der Waals surface area contributed by atoms with Crippen molar-refractivity contribution in [3.8, 4) is 0 Å². The van der Waals surface area contributed by atoms with E-state index in [1.807, 2.05) is 24.3 Å². The third-order valence-electron chi connectivity index (χ3n) is 4.31. The lowest BCUT2D eigenvalue weighted by Gasteiger charge is -2.21. The Morgan fingerprint density at radius 1 is 1.14 bits per heavy atom. The van der Waals surface area contributed by atoms with Crippen molar-refractivity contribution in [2.24, 2.45) is 5.92 Å². The summed E-state index contributed by atoms with van der Waals surface area (Å²) in [7, 11) is 0. The number of aliphatic hydroxyl groups is 1. The van der Waals surface area contributed by atoms with Crippen molar-refractivity contribution in [1.29, 1.82) is 0 Å². The second kappa shape index (κ2) is 5.15. The number of fused-ring (bicyclic) bond motifs is 1. The molecule has 2 aliphatic rings. The highest BCUT2D eigenvalue weighted by Gasteiger charge is 2.28. The minimum Gasteiger partial charge on any atom is -0.396 e. The van der Waals surface area contributed by atoms with Crippen LogP contribution in [0.1, 0.15) is 19.3 Å². The molecule has 2 heterocycles. The topological polar surface area (TPSA) is 61.3 Å². The molecule has 1 aromatic carbocycles. The first-order chi connectivity index (χ1) is 10.3. The maximum Gasteiger partial charge on any atom is 0.172 e. The molecule has 0 unspecified atom stereocenters. The lowest BCUT2D eigenvalue weighted by Crippen LogP contribution is -2.24. The number of anilines is 2. The molecule has 0 spiro atoms. The fourth-order valence-electron chi connectivity index (χ4n) is 2.90. The van der Waals surface area contributed by atoms with Crippen LogP contribution in [0, 0.1) is 5.92 Å². The fraction of sp³-hybridized carbons (Fsp3) is 0.500. The predicted octanol–water partition coefficient (Wildman–Crippen LogP) is 2.02. The van der Waals surface area contributed by atoms with Crippen LogP contribution < -0.4 is 10.2 Å². The molecule has 1 aliphatic carbocycles. The molecule has 0 radical (unpaired) electrons. The van der Waals surface area contributed by atoms with Crippen molar-refractivity contribution in [2.75, 3.05) is 29.9 Å². The zero-order chi connectivity index (χ0) is 14.2. The smallest absolute Gasteiger partial charge is 0.172 e. The number of nitrogens with one attached hydrogen (secondary N) is 1. The van der Waals surface area contributed by atoms with Crippen LogP contribution in [0.3, 0.4) is 0 Å². The number of aliphatic hydroxyl groups excluding tert-OH is 1. The van der Waals surface area contributed by atoms with Crippen LogP contribution in [0.25, 0.3) is 11.0 Å². The molecular weight excluding hydrogens is 264 g/mol. The molecule has 110 valence electrons. The third-order valence-corrected chi connectivity index (χ3v) is 4.31. The van der Waals surface area contributed by atoms with Gasteiger partial charge in [0.05, 0.1) is 11.0 Å². The lowest BCUT2D eigenvalue weighted by atomic mass is 10.1. The summed E-state index contributed by atoms with van der Waals surface area (Å²) < 4.78 is 0. The first-order valence-corrected chi connectivity index (χ1v) is 7.72. The third kappa shape index (κ3) is 2.53. The van der Waals surface area contributed by atoms with Crippen LogP contribution in [0.2, 0.25) is 0 Å². The summed E-state index contributed by atoms with van der Waals surface area (Å²) in [5.74, 6) is 2.19. The summed E-state index contributed by atoms with van der Waals surface area (Å²) in [5.41, 5.74) is 1.86. The monoisotopic (exact) mass is 284 g/mol. The van der Waals surface area contributed by atoms with Gasteiger partial charge in [0, 0.05) is 31.7 Å². The Kier molecular flexibility index (Phi) is 3.15. The summed E-state index contributed by atoms with van der Waals surface area (Å²) in [4.78, 5) is 11.9. The summed E-state index contributed by atoms with van der Waals surface area (Å²) in [6.45, 7) is 2.06. The number of nitrogens with zero attached hydrogens (tertiary/aromatic N) is 3. The lowest BCUT2D eigenvalue weighted by molar-refractivity contribution is 0.238. The maximum atomic E-state index is 9.35. The van der Waals surface area contributed by atoms with Gasteiger partial charge in [0.15, 0.2) is 11.6 Å². The van der Waals surface area contributed by atoms with Gasteiger partial charge in [-0.15, -0.1) is 0 Å². The molecule has 0 amide bonds. The number of para-hydroxylation sites is 2. The SMILES string of the molecule is OC[C@H]1CCN(c2nc3ccccc3nc2NC2CC2)C1. The summed E-state index contributed by atoms with van der Waals surface area (Å²) >= 11 is 0. The Bertz CT molecular complexity index is 656. The van der Waals surface area contributed by atoms with Gasteiger partial charge in [-0.25, -0.2) is 9.97 Å². The highest BCUT2D eigenvalue weighted by atomic mass is 16.3. The molecule has 4 rings (SSSR count). The molecule has 0 bridgehead atoms. The molecule has 1 saturated carbocycles. The molecule has 5 nitrogen and oxygen atoms in total. The first kappa shape index (κ1) is 12.8. The summed E-state index contributed by atoms with van der Waals surface area (Å²) in [6, 6.07) is 8.55. The van der Waals surface area contributed by atoms with Crippen LogP contribution in [0.5, 0.6) is 0 Å². The van der Waals surface area contributed by atoms with E-state index < -0.39 is 0 Å². The van der Waals surface area contributed by atoms with Gasteiger partial charge in [0.25, 0.3) is 0 Å². The van der Waals surface area contributed by atoms with Crippen LogP contribution in [0.4, 0.5) is 11.6 Å². The standard InChI is InChI=1S/C16H20N4O/c21-10-11-7-8-20(9-11)16-15(17-12-5-6-12)18-13-3-1-2-4-14(13)19-16/h1-4,11-12,21H,5-10H2,(H,17,18)/t11-/m0/s1. The minimum atomic E-state index is 0.253. The van der Waals surface area contributed by atoms with E-state index in [1.54, 1.807) is 0 Å². The molecule has 1 aromatic heterocycles. The fourth-order valence-corrected chi connectivity index (χ4v) is 2.90. The minimum absolute atomic E-state index is 0.253. The Balaban J connectivity index is 1.73.